The van der Waals surface area contributed by atoms with Gasteiger partial charge in [-0.25, -0.2) is 13.8 Å². The minimum absolute atomic E-state index is 0.0112. The van der Waals surface area contributed by atoms with Crippen molar-refractivity contribution in [2.45, 2.75) is 6.54 Å². The van der Waals surface area contributed by atoms with Crippen molar-refractivity contribution in [3.63, 3.8) is 0 Å². The molecular formula is C23H17ClF2N4O4. The van der Waals surface area contributed by atoms with E-state index in [1.165, 1.54) is 23.1 Å². The molecule has 3 aromatic rings. The molecule has 2 aromatic carbocycles. The summed E-state index contributed by atoms with van der Waals surface area (Å²) in [6, 6.07) is 13.0. The van der Waals surface area contributed by atoms with E-state index in [1.807, 2.05) is 0 Å². The molecule has 2 heterocycles. The Kier molecular flexibility index (Phi) is 6.69. The number of aliphatic carboxylic acids is 1. The van der Waals surface area contributed by atoms with Crippen molar-refractivity contribution in [2.75, 3.05) is 11.9 Å². The standard InChI is InChI=1S/C23H17ClF2N4O4/c24-14-3-1-13(2-4-14)12-30-21(31)17(22(32)33)11-28-23(30)29-16-6-7-19(18(26)9-16)34-20-8-5-15(25)10-27-20/h1-10,17H,11-12H2,(H,28,29)(H,32,33). The van der Waals surface area contributed by atoms with E-state index < -0.39 is 29.4 Å². The number of amides is 1. The zero-order chi connectivity index (χ0) is 24.2. The maximum atomic E-state index is 14.6. The minimum Gasteiger partial charge on any atom is -0.481 e. The number of carbonyl (C=O) groups excluding carboxylic acids is 1. The molecule has 8 nitrogen and oxygen atoms in total. The Hall–Kier alpha value is -4.05. The van der Waals surface area contributed by atoms with Crippen LogP contribution in [0.1, 0.15) is 5.56 Å². The van der Waals surface area contributed by atoms with Crippen LogP contribution in [-0.4, -0.2) is 39.4 Å². The number of anilines is 1. The second kappa shape index (κ2) is 9.84. The number of ether oxygens (including phenoxy) is 1. The first-order valence-corrected chi connectivity index (χ1v) is 10.4. The second-order valence-electron chi connectivity index (χ2n) is 7.29. The maximum Gasteiger partial charge on any atom is 0.318 e. The van der Waals surface area contributed by atoms with E-state index in [4.69, 9.17) is 16.3 Å². The molecule has 1 unspecified atom stereocenters. The van der Waals surface area contributed by atoms with E-state index >= 15 is 0 Å². The average molecular weight is 487 g/mol. The molecule has 0 bridgehead atoms. The summed E-state index contributed by atoms with van der Waals surface area (Å²) >= 11 is 5.91. The molecule has 1 aromatic heterocycles. The number of halogens is 3. The monoisotopic (exact) mass is 486 g/mol. The summed E-state index contributed by atoms with van der Waals surface area (Å²) in [5.74, 6) is -4.61. The molecule has 0 radical (unpaired) electrons. The van der Waals surface area contributed by atoms with E-state index in [1.54, 1.807) is 24.3 Å². The van der Waals surface area contributed by atoms with Gasteiger partial charge in [0.15, 0.2) is 17.5 Å². The number of carboxylic acids is 1. The van der Waals surface area contributed by atoms with Crippen molar-refractivity contribution in [1.29, 1.82) is 0 Å². The van der Waals surface area contributed by atoms with Gasteiger partial charge < -0.3 is 15.2 Å². The summed E-state index contributed by atoms with van der Waals surface area (Å²) in [5, 5.41) is 12.7. The molecule has 1 atom stereocenters. The molecule has 174 valence electrons. The molecule has 4 rings (SSSR count). The SMILES string of the molecule is O=C(O)C1CN=C(Nc2ccc(Oc3ccc(F)cn3)c(F)c2)N(Cc2ccc(Cl)cc2)C1=O. The molecular weight excluding hydrogens is 470 g/mol. The van der Waals surface area contributed by atoms with E-state index in [0.717, 1.165) is 18.3 Å². The largest absolute Gasteiger partial charge is 0.481 e. The van der Waals surface area contributed by atoms with Crippen molar-refractivity contribution in [2.24, 2.45) is 10.9 Å². The summed E-state index contributed by atoms with van der Waals surface area (Å²) in [4.78, 5) is 33.4. The summed E-state index contributed by atoms with van der Waals surface area (Å²) in [6.07, 6.45) is 0.945. The highest BCUT2D eigenvalue weighted by Crippen LogP contribution is 2.26. The van der Waals surface area contributed by atoms with Gasteiger partial charge in [-0.1, -0.05) is 23.7 Å². The van der Waals surface area contributed by atoms with Gasteiger partial charge in [-0.15, -0.1) is 0 Å². The summed E-state index contributed by atoms with van der Waals surface area (Å²) in [6.45, 7) is -0.223. The molecule has 0 saturated carbocycles. The average Bonchev–Trinajstić information content (AvgIpc) is 2.80. The highest BCUT2D eigenvalue weighted by molar-refractivity contribution is 6.30. The Morgan fingerprint density at radius 1 is 1.18 bits per heavy atom. The van der Waals surface area contributed by atoms with Crippen LogP contribution in [0.2, 0.25) is 5.02 Å². The van der Waals surface area contributed by atoms with Gasteiger partial charge in [0.25, 0.3) is 0 Å². The highest BCUT2D eigenvalue weighted by Gasteiger charge is 2.36. The molecule has 0 aliphatic carbocycles. The third kappa shape index (κ3) is 5.29. The van der Waals surface area contributed by atoms with Crippen LogP contribution in [0.4, 0.5) is 14.5 Å². The number of guanidine groups is 1. The van der Waals surface area contributed by atoms with Crippen LogP contribution in [0.15, 0.2) is 65.8 Å². The number of carbonyl (C=O) groups is 2. The third-order valence-electron chi connectivity index (χ3n) is 4.90. The van der Waals surface area contributed by atoms with Gasteiger partial charge in [-0.2, -0.15) is 0 Å². The number of rotatable bonds is 6. The normalized spacial score (nSPS) is 15.6. The first-order valence-electron chi connectivity index (χ1n) is 9.99. The fourth-order valence-corrected chi connectivity index (χ4v) is 3.30. The Bertz CT molecular complexity index is 1250. The lowest BCUT2D eigenvalue weighted by Crippen LogP contribution is -2.50. The lowest BCUT2D eigenvalue weighted by molar-refractivity contribution is -0.149. The van der Waals surface area contributed by atoms with Gasteiger partial charge in [0.05, 0.1) is 19.3 Å². The molecule has 0 fully saturated rings. The predicted octanol–water partition coefficient (Wildman–Crippen LogP) is 4.32. The number of nitrogens with zero attached hydrogens (tertiary/aromatic N) is 3. The number of hydrogen-bond donors (Lipinski definition) is 2. The summed E-state index contributed by atoms with van der Waals surface area (Å²) in [7, 11) is 0. The van der Waals surface area contributed by atoms with Crippen LogP contribution < -0.4 is 10.1 Å². The van der Waals surface area contributed by atoms with Crippen LogP contribution in [0.5, 0.6) is 11.6 Å². The van der Waals surface area contributed by atoms with Crippen LogP contribution in [-0.2, 0) is 16.1 Å². The van der Waals surface area contributed by atoms with Crippen molar-refractivity contribution < 1.29 is 28.2 Å². The quantitative estimate of drug-likeness (QED) is 0.503. The van der Waals surface area contributed by atoms with Crippen molar-refractivity contribution in [3.05, 3.63) is 83.0 Å². The first kappa shape index (κ1) is 23.1. The number of benzene rings is 2. The van der Waals surface area contributed by atoms with Gasteiger partial charge in [0, 0.05) is 22.8 Å². The number of hydrogen-bond acceptors (Lipinski definition) is 6. The Balaban J connectivity index is 1.55. The maximum absolute atomic E-state index is 14.6. The molecule has 0 spiro atoms. The van der Waals surface area contributed by atoms with E-state index in [0.29, 0.717) is 10.6 Å². The van der Waals surface area contributed by atoms with Crippen LogP contribution >= 0.6 is 11.6 Å². The number of aromatic nitrogens is 1. The Morgan fingerprint density at radius 3 is 2.59 bits per heavy atom. The van der Waals surface area contributed by atoms with Gasteiger partial charge >= 0.3 is 5.97 Å². The Labute approximate surface area is 197 Å². The third-order valence-corrected chi connectivity index (χ3v) is 5.15. The fourth-order valence-electron chi connectivity index (χ4n) is 3.18. The Morgan fingerprint density at radius 2 is 1.94 bits per heavy atom. The van der Waals surface area contributed by atoms with Gasteiger partial charge in [-0.3, -0.25) is 19.5 Å². The molecule has 0 saturated heterocycles. The first-order chi connectivity index (χ1) is 16.3. The van der Waals surface area contributed by atoms with E-state index in [2.05, 4.69) is 15.3 Å². The number of aliphatic imine (C=N–C) groups is 1. The zero-order valence-corrected chi connectivity index (χ0v) is 18.2. The minimum atomic E-state index is -1.33. The molecule has 1 aliphatic rings. The summed E-state index contributed by atoms with van der Waals surface area (Å²) in [5.41, 5.74) is 0.943. The molecule has 2 N–H and O–H groups in total. The number of pyridine rings is 1. The van der Waals surface area contributed by atoms with Gasteiger partial charge in [0.1, 0.15) is 5.82 Å². The van der Waals surface area contributed by atoms with Gasteiger partial charge in [-0.05, 0) is 35.9 Å². The predicted molar refractivity (Wildman–Crippen MR) is 120 cm³/mol. The van der Waals surface area contributed by atoms with Crippen molar-refractivity contribution in [3.8, 4) is 11.6 Å². The highest BCUT2D eigenvalue weighted by atomic mass is 35.5. The van der Waals surface area contributed by atoms with Crippen LogP contribution in [0.25, 0.3) is 0 Å². The smallest absolute Gasteiger partial charge is 0.318 e. The van der Waals surface area contributed by atoms with E-state index in [9.17, 15) is 23.5 Å². The summed E-state index contributed by atoms with van der Waals surface area (Å²) < 4.78 is 32.9. The van der Waals surface area contributed by atoms with Crippen LogP contribution in [0.3, 0.4) is 0 Å². The fraction of sp³-hybridized carbons (Fsp3) is 0.130. The lowest BCUT2D eigenvalue weighted by atomic mass is 10.1. The van der Waals surface area contributed by atoms with Crippen molar-refractivity contribution in [1.82, 2.24) is 9.88 Å². The molecule has 11 heteroatoms. The zero-order valence-electron chi connectivity index (χ0n) is 17.4. The molecule has 1 aliphatic heterocycles. The molecule has 34 heavy (non-hydrogen) atoms. The van der Waals surface area contributed by atoms with Crippen LogP contribution in [0, 0.1) is 17.6 Å². The lowest BCUT2D eigenvalue weighted by Gasteiger charge is -2.31. The topological polar surface area (TPSA) is 104 Å². The molecule has 1 amide bonds. The second-order valence-corrected chi connectivity index (χ2v) is 7.73. The number of nitrogens with one attached hydrogen (secondary N) is 1. The van der Waals surface area contributed by atoms with Crippen molar-refractivity contribution >= 4 is 35.1 Å². The number of carboxylic acid groups (broad SMARTS) is 1. The van der Waals surface area contributed by atoms with Gasteiger partial charge in [0.2, 0.25) is 17.7 Å². The van der Waals surface area contributed by atoms with E-state index in [-0.39, 0.29) is 36.4 Å².